The molecule has 2 aromatic rings. The minimum absolute atomic E-state index is 0.537. The highest BCUT2D eigenvalue weighted by molar-refractivity contribution is 7.98. The number of hydrogen-bond donors (Lipinski definition) is 0. The Labute approximate surface area is 122 Å². The van der Waals surface area contributed by atoms with Crippen LogP contribution in [-0.2, 0) is 11.5 Å². The molecular weight excluding hydrogens is 276 g/mol. The zero-order chi connectivity index (χ0) is 13.4. The summed E-state index contributed by atoms with van der Waals surface area (Å²) in [5.41, 5.74) is 4.56. The van der Waals surface area contributed by atoms with E-state index in [1.54, 1.807) is 0 Å². The Morgan fingerprint density at radius 1 is 1.11 bits per heavy atom. The molecule has 1 aliphatic heterocycles. The van der Waals surface area contributed by atoms with Crippen molar-refractivity contribution in [2.45, 2.75) is 31.3 Å². The molecule has 3 rings (SSSR count). The van der Waals surface area contributed by atoms with Gasteiger partial charge in [0.15, 0.2) is 5.82 Å². The number of benzene rings is 1. The van der Waals surface area contributed by atoms with Crippen LogP contribution in [0.1, 0.15) is 36.6 Å². The number of aromatic nitrogens is 2. The summed E-state index contributed by atoms with van der Waals surface area (Å²) in [6.07, 6.45) is 0. The van der Waals surface area contributed by atoms with E-state index < -0.39 is 0 Å². The Hall–Kier alpha value is -1.06. The molecule has 0 saturated heterocycles. The van der Waals surface area contributed by atoms with Crippen LogP contribution in [0.4, 0.5) is 0 Å². The molecule has 0 aliphatic carbocycles. The van der Waals surface area contributed by atoms with Gasteiger partial charge in [-0.15, -0.1) is 0 Å². The minimum Gasteiger partial charge on any atom is -0.232 e. The standard InChI is InChI=1S/C15H15ClN2S/c1-9(2)10-3-5-11(6-4-10)15-17-13-8-19-7-12(13)14(16)18-15/h3-6,9H,7-8H2,1-2H3. The smallest absolute Gasteiger partial charge is 0.161 e. The van der Waals surface area contributed by atoms with Gasteiger partial charge in [0.1, 0.15) is 5.15 Å². The van der Waals surface area contributed by atoms with Gasteiger partial charge >= 0.3 is 0 Å². The van der Waals surface area contributed by atoms with E-state index in [1.807, 2.05) is 11.8 Å². The Morgan fingerprint density at radius 2 is 1.84 bits per heavy atom. The van der Waals surface area contributed by atoms with Crippen molar-refractivity contribution in [2.75, 3.05) is 0 Å². The normalized spacial score (nSPS) is 13.9. The SMILES string of the molecule is CC(C)c1ccc(-c2nc(Cl)c3c(n2)CSC3)cc1. The molecule has 0 atom stereocenters. The second-order valence-corrected chi connectivity index (χ2v) is 6.38. The van der Waals surface area contributed by atoms with Crippen molar-refractivity contribution < 1.29 is 0 Å². The zero-order valence-electron chi connectivity index (χ0n) is 11.0. The number of nitrogens with zero attached hydrogens (tertiary/aromatic N) is 2. The first-order valence-corrected chi connectivity index (χ1v) is 7.92. The molecule has 0 fully saturated rings. The van der Waals surface area contributed by atoms with Gasteiger partial charge in [0.05, 0.1) is 5.69 Å². The van der Waals surface area contributed by atoms with Crippen LogP contribution < -0.4 is 0 Å². The van der Waals surface area contributed by atoms with Crippen LogP contribution in [0.3, 0.4) is 0 Å². The van der Waals surface area contributed by atoms with Gasteiger partial charge in [0, 0.05) is 22.6 Å². The summed E-state index contributed by atoms with van der Waals surface area (Å²) in [7, 11) is 0. The second-order valence-electron chi connectivity index (χ2n) is 5.03. The van der Waals surface area contributed by atoms with Gasteiger partial charge in [0.2, 0.25) is 0 Å². The van der Waals surface area contributed by atoms with Crippen molar-refractivity contribution in [3.63, 3.8) is 0 Å². The van der Waals surface area contributed by atoms with Gasteiger partial charge in [-0.2, -0.15) is 11.8 Å². The third-order valence-corrected chi connectivity index (χ3v) is 4.65. The lowest BCUT2D eigenvalue weighted by molar-refractivity contribution is 0.867. The second kappa shape index (κ2) is 5.14. The molecule has 1 aromatic carbocycles. The van der Waals surface area contributed by atoms with Gasteiger partial charge in [-0.05, 0) is 11.5 Å². The molecule has 2 heterocycles. The van der Waals surface area contributed by atoms with E-state index in [0.717, 1.165) is 34.2 Å². The fraction of sp³-hybridized carbons (Fsp3) is 0.333. The topological polar surface area (TPSA) is 25.8 Å². The molecule has 19 heavy (non-hydrogen) atoms. The van der Waals surface area contributed by atoms with E-state index in [4.69, 9.17) is 11.6 Å². The van der Waals surface area contributed by atoms with Crippen LogP contribution in [0.5, 0.6) is 0 Å². The van der Waals surface area contributed by atoms with Crippen molar-refractivity contribution in [3.05, 3.63) is 46.2 Å². The number of halogens is 1. The molecule has 0 radical (unpaired) electrons. The van der Waals surface area contributed by atoms with Crippen LogP contribution in [0, 0.1) is 0 Å². The summed E-state index contributed by atoms with van der Waals surface area (Å²) >= 11 is 8.08. The first-order chi connectivity index (χ1) is 9.15. The van der Waals surface area contributed by atoms with E-state index in [-0.39, 0.29) is 0 Å². The highest BCUT2D eigenvalue weighted by atomic mass is 35.5. The summed E-state index contributed by atoms with van der Waals surface area (Å²) in [5, 5.41) is 0.609. The summed E-state index contributed by atoms with van der Waals surface area (Å²) in [6, 6.07) is 8.43. The maximum atomic E-state index is 6.24. The zero-order valence-corrected chi connectivity index (χ0v) is 12.6. The highest BCUT2D eigenvalue weighted by Gasteiger charge is 2.19. The maximum absolute atomic E-state index is 6.24. The van der Waals surface area contributed by atoms with Crippen molar-refractivity contribution in [1.29, 1.82) is 0 Å². The van der Waals surface area contributed by atoms with E-state index in [9.17, 15) is 0 Å². The van der Waals surface area contributed by atoms with Gasteiger partial charge in [-0.1, -0.05) is 49.7 Å². The predicted molar refractivity (Wildman–Crippen MR) is 81.6 cm³/mol. The lowest BCUT2D eigenvalue weighted by Crippen LogP contribution is -1.97. The maximum Gasteiger partial charge on any atom is 0.161 e. The molecule has 0 spiro atoms. The molecule has 0 N–H and O–H groups in total. The van der Waals surface area contributed by atoms with Crippen molar-refractivity contribution in [3.8, 4) is 11.4 Å². The van der Waals surface area contributed by atoms with Crippen LogP contribution in [0.25, 0.3) is 11.4 Å². The molecule has 2 nitrogen and oxygen atoms in total. The lowest BCUT2D eigenvalue weighted by Gasteiger charge is -2.08. The Morgan fingerprint density at radius 3 is 2.53 bits per heavy atom. The van der Waals surface area contributed by atoms with E-state index in [0.29, 0.717) is 11.1 Å². The Balaban J connectivity index is 2.00. The molecule has 0 amide bonds. The first-order valence-electron chi connectivity index (χ1n) is 6.38. The van der Waals surface area contributed by atoms with Crippen LogP contribution in [0.2, 0.25) is 5.15 Å². The molecule has 0 bridgehead atoms. The van der Waals surface area contributed by atoms with E-state index in [2.05, 4.69) is 48.1 Å². The van der Waals surface area contributed by atoms with Gasteiger partial charge in [-0.25, -0.2) is 9.97 Å². The fourth-order valence-corrected chi connectivity index (χ4v) is 3.53. The van der Waals surface area contributed by atoms with E-state index >= 15 is 0 Å². The van der Waals surface area contributed by atoms with Crippen LogP contribution in [0.15, 0.2) is 24.3 Å². The summed E-state index contributed by atoms with van der Waals surface area (Å²) in [5.74, 6) is 3.14. The highest BCUT2D eigenvalue weighted by Crippen LogP contribution is 2.34. The summed E-state index contributed by atoms with van der Waals surface area (Å²) < 4.78 is 0. The van der Waals surface area contributed by atoms with Crippen molar-refractivity contribution in [2.24, 2.45) is 0 Å². The summed E-state index contributed by atoms with van der Waals surface area (Å²) in [6.45, 7) is 4.38. The fourth-order valence-electron chi connectivity index (χ4n) is 2.16. The van der Waals surface area contributed by atoms with Crippen molar-refractivity contribution in [1.82, 2.24) is 9.97 Å². The van der Waals surface area contributed by atoms with Crippen molar-refractivity contribution >= 4 is 23.4 Å². The number of hydrogen-bond acceptors (Lipinski definition) is 3. The third kappa shape index (κ3) is 2.49. The number of thioether (sulfide) groups is 1. The summed E-state index contributed by atoms with van der Waals surface area (Å²) in [4.78, 5) is 9.07. The average Bonchev–Trinajstić information content (AvgIpc) is 2.87. The van der Waals surface area contributed by atoms with Crippen LogP contribution in [-0.4, -0.2) is 9.97 Å². The molecule has 0 unspecified atom stereocenters. The monoisotopic (exact) mass is 290 g/mol. The molecule has 1 aliphatic rings. The minimum atomic E-state index is 0.537. The molecule has 98 valence electrons. The third-order valence-electron chi connectivity index (χ3n) is 3.36. The van der Waals surface area contributed by atoms with Gasteiger partial charge < -0.3 is 0 Å². The van der Waals surface area contributed by atoms with E-state index in [1.165, 1.54) is 5.56 Å². The quantitative estimate of drug-likeness (QED) is 0.752. The lowest BCUT2D eigenvalue weighted by atomic mass is 10.0. The average molecular weight is 291 g/mol. The molecule has 4 heteroatoms. The number of fused-ring (bicyclic) bond motifs is 1. The van der Waals surface area contributed by atoms with Gasteiger partial charge in [-0.3, -0.25) is 0 Å². The molecule has 1 aromatic heterocycles. The van der Waals surface area contributed by atoms with Crippen LogP contribution >= 0.6 is 23.4 Å². The Kier molecular flexibility index (Phi) is 3.50. The molecule has 0 saturated carbocycles. The first kappa shape index (κ1) is 12.9. The van der Waals surface area contributed by atoms with Gasteiger partial charge in [0.25, 0.3) is 0 Å². The Bertz CT molecular complexity index is 608. The number of rotatable bonds is 2. The predicted octanol–water partition coefficient (Wildman–Crippen LogP) is 4.67. The largest absolute Gasteiger partial charge is 0.232 e. The molecular formula is C15H15ClN2S.